The molecule has 0 fully saturated rings. The zero-order valence-electron chi connectivity index (χ0n) is 14.9. The molecule has 124 valence electrons. The summed E-state index contributed by atoms with van der Waals surface area (Å²) in [5, 5.41) is 6.19. The molecule has 0 aliphatic rings. The lowest BCUT2D eigenvalue weighted by molar-refractivity contribution is -0.662. The highest BCUT2D eigenvalue weighted by molar-refractivity contribution is 6.09. The summed E-state index contributed by atoms with van der Waals surface area (Å²) in [7, 11) is 2.07. The van der Waals surface area contributed by atoms with E-state index in [2.05, 4.69) is 91.3 Å². The van der Waals surface area contributed by atoms with E-state index in [-0.39, 0.29) is 0 Å². The van der Waals surface area contributed by atoms with Gasteiger partial charge in [0.05, 0.1) is 12.4 Å². The molecule has 0 spiro atoms. The molecule has 0 aliphatic carbocycles. The standard InChI is InChI=1S/C24H19N2/c1-16-19-9-5-3-7-17(19)11-13-20(16)24-22-14-12-18-8-4-6-10-21(18)23(22)25-15-26(24)2/h3-15H,1-2H3/q+1. The molecule has 0 saturated heterocycles. The third kappa shape index (κ3) is 2.12. The molecule has 1 aromatic heterocycles. The number of aromatic nitrogens is 2. The molecular formula is C24H19N2+. The molecule has 26 heavy (non-hydrogen) atoms. The Balaban J connectivity index is 1.91. The van der Waals surface area contributed by atoms with Gasteiger partial charge in [0.2, 0.25) is 0 Å². The van der Waals surface area contributed by atoms with Crippen LogP contribution in [-0.4, -0.2) is 4.98 Å². The molecule has 1 heterocycles. The molecule has 0 radical (unpaired) electrons. The fourth-order valence-corrected chi connectivity index (χ4v) is 4.00. The average molecular weight is 335 g/mol. The molecule has 5 rings (SSSR count). The van der Waals surface area contributed by atoms with E-state index in [1.54, 1.807) is 0 Å². The lowest BCUT2D eigenvalue weighted by atomic mass is 9.95. The average Bonchev–Trinajstić information content (AvgIpc) is 2.69. The Morgan fingerprint density at radius 3 is 2.15 bits per heavy atom. The summed E-state index contributed by atoms with van der Waals surface area (Å²) in [6, 6.07) is 25.9. The van der Waals surface area contributed by atoms with Gasteiger partial charge in [-0.1, -0.05) is 54.6 Å². The van der Waals surface area contributed by atoms with Crippen molar-refractivity contribution >= 4 is 32.4 Å². The summed E-state index contributed by atoms with van der Waals surface area (Å²) in [5.41, 5.74) is 4.83. The highest BCUT2D eigenvalue weighted by atomic mass is 15.0. The maximum Gasteiger partial charge on any atom is 0.287 e. The molecule has 2 nitrogen and oxygen atoms in total. The van der Waals surface area contributed by atoms with Crippen molar-refractivity contribution in [3.8, 4) is 11.3 Å². The van der Waals surface area contributed by atoms with Crippen LogP contribution < -0.4 is 4.57 Å². The van der Waals surface area contributed by atoms with Gasteiger partial charge in [0.25, 0.3) is 6.33 Å². The first-order chi connectivity index (χ1) is 12.7. The van der Waals surface area contributed by atoms with E-state index in [1.807, 2.05) is 6.33 Å². The second-order valence-electron chi connectivity index (χ2n) is 6.85. The van der Waals surface area contributed by atoms with E-state index in [1.165, 1.54) is 43.8 Å². The van der Waals surface area contributed by atoms with Gasteiger partial charge in [-0.05, 0) is 51.8 Å². The van der Waals surface area contributed by atoms with E-state index >= 15 is 0 Å². The Kier molecular flexibility index (Phi) is 3.26. The minimum Gasteiger partial charge on any atom is -0.232 e. The van der Waals surface area contributed by atoms with Gasteiger partial charge in [0.15, 0.2) is 5.52 Å². The molecule has 0 unspecified atom stereocenters. The van der Waals surface area contributed by atoms with Crippen molar-refractivity contribution in [1.82, 2.24) is 4.98 Å². The number of hydrogen-bond donors (Lipinski definition) is 0. The van der Waals surface area contributed by atoms with E-state index in [9.17, 15) is 0 Å². The predicted octanol–water partition coefficient (Wildman–Crippen LogP) is 5.34. The van der Waals surface area contributed by atoms with Gasteiger partial charge < -0.3 is 0 Å². The van der Waals surface area contributed by atoms with E-state index in [0.29, 0.717) is 0 Å². The van der Waals surface area contributed by atoms with Crippen LogP contribution in [0, 0.1) is 6.92 Å². The fourth-order valence-electron chi connectivity index (χ4n) is 4.00. The van der Waals surface area contributed by atoms with Crippen LogP contribution in [0.3, 0.4) is 0 Å². The third-order valence-corrected chi connectivity index (χ3v) is 5.32. The van der Waals surface area contributed by atoms with Crippen LogP contribution in [0.1, 0.15) is 5.56 Å². The monoisotopic (exact) mass is 335 g/mol. The number of benzene rings is 4. The molecule has 0 amide bonds. The topological polar surface area (TPSA) is 16.8 Å². The fraction of sp³-hybridized carbons (Fsp3) is 0.0833. The minimum atomic E-state index is 1.06. The lowest BCUT2D eigenvalue weighted by Gasteiger charge is -2.12. The first kappa shape index (κ1) is 15.0. The normalized spacial score (nSPS) is 11.5. The Hall–Kier alpha value is -3.26. The number of hydrogen-bond acceptors (Lipinski definition) is 1. The van der Waals surface area contributed by atoms with Crippen molar-refractivity contribution in [1.29, 1.82) is 0 Å². The van der Waals surface area contributed by atoms with Gasteiger partial charge >= 0.3 is 0 Å². The SMILES string of the molecule is Cc1c(-c2c3ccc4ccccc4c3nc[n+]2C)ccc2ccccc12. The second kappa shape index (κ2) is 5.63. The van der Waals surface area contributed by atoms with Crippen molar-refractivity contribution in [2.45, 2.75) is 6.92 Å². The summed E-state index contributed by atoms with van der Waals surface area (Å²) in [6.07, 6.45) is 1.93. The lowest BCUT2D eigenvalue weighted by Crippen LogP contribution is -2.31. The van der Waals surface area contributed by atoms with E-state index in [0.717, 1.165) is 5.52 Å². The van der Waals surface area contributed by atoms with Gasteiger partial charge in [-0.2, -0.15) is 0 Å². The quantitative estimate of drug-likeness (QED) is 0.298. The molecule has 0 aliphatic heterocycles. The zero-order valence-corrected chi connectivity index (χ0v) is 14.9. The van der Waals surface area contributed by atoms with Crippen molar-refractivity contribution in [2.75, 3.05) is 0 Å². The molecule has 5 aromatic rings. The summed E-state index contributed by atoms with van der Waals surface area (Å²) < 4.78 is 2.13. The number of nitrogens with zero attached hydrogens (tertiary/aromatic N) is 2. The molecule has 0 N–H and O–H groups in total. The Morgan fingerprint density at radius 2 is 1.35 bits per heavy atom. The summed E-state index contributed by atoms with van der Waals surface area (Å²) >= 11 is 0. The molecule has 0 bridgehead atoms. The molecule has 0 saturated carbocycles. The van der Waals surface area contributed by atoms with Crippen molar-refractivity contribution in [3.63, 3.8) is 0 Å². The van der Waals surface area contributed by atoms with Crippen LogP contribution >= 0.6 is 0 Å². The minimum absolute atomic E-state index is 1.06. The van der Waals surface area contributed by atoms with Gasteiger partial charge in [0, 0.05) is 10.9 Å². The second-order valence-corrected chi connectivity index (χ2v) is 6.85. The van der Waals surface area contributed by atoms with Gasteiger partial charge in [-0.3, -0.25) is 0 Å². The molecule has 4 aromatic carbocycles. The first-order valence-corrected chi connectivity index (χ1v) is 8.89. The molecule has 2 heteroatoms. The van der Waals surface area contributed by atoms with Gasteiger partial charge in [0.1, 0.15) is 5.69 Å². The van der Waals surface area contributed by atoms with Crippen LogP contribution in [0.15, 0.2) is 79.1 Å². The molecular weight excluding hydrogens is 316 g/mol. The van der Waals surface area contributed by atoms with Gasteiger partial charge in [-0.15, -0.1) is 0 Å². The maximum absolute atomic E-state index is 4.75. The Bertz CT molecular complexity index is 1300. The zero-order chi connectivity index (χ0) is 17.7. The summed E-state index contributed by atoms with van der Waals surface area (Å²) in [4.78, 5) is 4.75. The Labute approximate surface area is 152 Å². The smallest absolute Gasteiger partial charge is 0.232 e. The third-order valence-electron chi connectivity index (χ3n) is 5.32. The van der Waals surface area contributed by atoms with E-state index in [4.69, 9.17) is 4.98 Å². The Morgan fingerprint density at radius 1 is 0.692 bits per heavy atom. The first-order valence-electron chi connectivity index (χ1n) is 8.89. The highest BCUT2D eigenvalue weighted by Gasteiger charge is 2.19. The number of fused-ring (bicyclic) bond motifs is 4. The van der Waals surface area contributed by atoms with Crippen LogP contribution in [0.4, 0.5) is 0 Å². The van der Waals surface area contributed by atoms with Crippen molar-refractivity contribution in [2.24, 2.45) is 7.05 Å². The predicted molar refractivity (Wildman–Crippen MR) is 108 cm³/mol. The van der Waals surface area contributed by atoms with Crippen LogP contribution in [0.2, 0.25) is 0 Å². The molecule has 0 atom stereocenters. The van der Waals surface area contributed by atoms with Crippen LogP contribution in [-0.2, 0) is 7.05 Å². The number of aryl methyl sites for hydroxylation is 2. The van der Waals surface area contributed by atoms with Crippen LogP contribution in [0.25, 0.3) is 43.7 Å². The van der Waals surface area contributed by atoms with Crippen molar-refractivity contribution in [3.05, 3.63) is 84.7 Å². The van der Waals surface area contributed by atoms with Gasteiger partial charge in [-0.25, -0.2) is 4.57 Å². The van der Waals surface area contributed by atoms with E-state index < -0.39 is 0 Å². The summed E-state index contributed by atoms with van der Waals surface area (Å²) in [5.74, 6) is 0. The van der Waals surface area contributed by atoms with Crippen molar-refractivity contribution < 1.29 is 4.57 Å². The van der Waals surface area contributed by atoms with Crippen LogP contribution in [0.5, 0.6) is 0 Å². The number of rotatable bonds is 1. The summed E-state index contributed by atoms with van der Waals surface area (Å²) in [6.45, 7) is 2.21. The largest absolute Gasteiger partial charge is 0.287 e. The highest BCUT2D eigenvalue weighted by Crippen LogP contribution is 2.33. The maximum atomic E-state index is 4.75.